The van der Waals surface area contributed by atoms with Crippen LogP contribution in [-0.2, 0) is 0 Å². The highest BCUT2D eigenvalue weighted by Gasteiger charge is 2.15. The predicted molar refractivity (Wildman–Crippen MR) is 79.8 cm³/mol. The van der Waals surface area contributed by atoms with E-state index in [0.717, 1.165) is 23.4 Å². The van der Waals surface area contributed by atoms with Crippen molar-refractivity contribution in [1.29, 1.82) is 0 Å². The number of hydrogen-bond acceptors (Lipinski definition) is 6. The van der Waals surface area contributed by atoms with Gasteiger partial charge in [-0.1, -0.05) is 6.42 Å². The van der Waals surface area contributed by atoms with Crippen LogP contribution >= 0.6 is 11.8 Å². The predicted octanol–water partition coefficient (Wildman–Crippen LogP) is 2.09. The molecule has 3 N–H and O–H groups in total. The zero-order valence-corrected chi connectivity index (χ0v) is 11.8. The van der Waals surface area contributed by atoms with Gasteiger partial charge in [0.25, 0.3) is 0 Å². The van der Waals surface area contributed by atoms with Crippen molar-refractivity contribution < 1.29 is 0 Å². The second-order valence-corrected chi connectivity index (χ2v) is 6.06. The molecule has 1 unspecified atom stereocenters. The molecule has 1 aliphatic rings. The lowest BCUT2D eigenvalue weighted by Crippen LogP contribution is -2.20. The molecule has 0 spiro atoms. The second-order valence-electron chi connectivity index (χ2n) is 4.65. The number of nitrogens with one attached hydrogen (secondary N) is 3. The van der Waals surface area contributed by atoms with Crippen molar-refractivity contribution >= 4 is 34.6 Å². The molecule has 3 heterocycles. The topological polar surface area (TPSA) is 78.5 Å². The molecule has 1 atom stereocenters. The molecule has 0 bridgehead atoms. The van der Waals surface area contributed by atoms with Crippen molar-refractivity contribution in [3.63, 3.8) is 0 Å². The summed E-state index contributed by atoms with van der Waals surface area (Å²) in [7, 11) is 1.82. The highest BCUT2D eigenvalue weighted by atomic mass is 32.2. The zero-order valence-electron chi connectivity index (χ0n) is 10.9. The first kappa shape index (κ1) is 12.5. The van der Waals surface area contributed by atoms with Gasteiger partial charge in [0.2, 0.25) is 5.95 Å². The molecule has 2 aromatic heterocycles. The van der Waals surface area contributed by atoms with E-state index in [-0.39, 0.29) is 0 Å². The number of hydrogen-bond donors (Lipinski definition) is 3. The quantitative estimate of drug-likeness (QED) is 0.795. The lowest BCUT2D eigenvalue weighted by Gasteiger charge is -2.21. The van der Waals surface area contributed by atoms with E-state index in [1.54, 1.807) is 6.20 Å². The number of rotatable bonds is 4. The standard InChI is InChI=1S/C12H18N6S/c1-13-12-16-10(9-7-15-18-11(9)17-12)14-6-8-4-2-3-5-19-8/h7-8H,2-6H2,1H3,(H3,13,14,15,16,17,18). The van der Waals surface area contributed by atoms with Crippen LogP contribution in [0.3, 0.4) is 0 Å². The van der Waals surface area contributed by atoms with Crippen LogP contribution in [0.1, 0.15) is 19.3 Å². The van der Waals surface area contributed by atoms with Crippen molar-refractivity contribution in [3.8, 4) is 0 Å². The van der Waals surface area contributed by atoms with Crippen molar-refractivity contribution in [3.05, 3.63) is 6.20 Å². The van der Waals surface area contributed by atoms with Gasteiger partial charge < -0.3 is 10.6 Å². The Morgan fingerprint density at radius 3 is 3.16 bits per heavy atom. The number of H-pyrrole nitrogens is 1. The molecular weight excluding hydrogens is 260 g/mol. The Morgan fingerprint density at radius 2 is 2.37 bits per heavy atom. The maximum Gasteiger partial charge on any atom is 0.226 e. The molecule has 0 amide bonds. The maximum absolute atomic E-state index is 4.47. The van der Waals surface area contributed by atoms with E-state index in [1.807, 2.05) is 7.05 Å². The average Bonchev–Trinajstić information content (AvgIpc) is 2.94. The Labute approximate surface area is 116 Å². The molecule has 1 saturated heterocycles. The van der Waals surface area contributed by atoms with Crippen LogP contribution in [0.4, 0.5) is 11.8 Å². The van der Waals surface area contributed by atoms with Gasteiger partial charge >= 0.3 is 0 Å². The summed E-state index contributed by atoms with van der Waals surface area (Å²) in [4.78, 5) is 8.80. The van der Waals surface area contributed by atoms with Gasteiger partial charge in [-0.15, -0.1) is 0 Å². The summed E-state index contributed by atoms with van der Waals surface area (Å²) >= 11 is 2.05. The van der Waals surface area contributed by atoms with Crippen LogP contribution in [0, 0.1) is 0 Å². The summed E-state index contributed by atoms with van der Waals surface area (Å²) in [6.45, 7) is 0.950. The smallest absolute Gasteiger partial charge is 0.226 e. The third-order valence-electron chi connectivity index (χ3n) is 3.30. The van der Waals surface area contributed by atoms with Crippen LogP contribution in [-0.4, -0.2) is 44.8 Å². The molecule has 0 aliphatic carbocycles. The zero-order chi connectivity index (χ0) is 13.1. The van der Waals surface area contributed by atoms with Gasteiger partial charge in [-0.2, -0.15) is 26.8 Å². The van der Waals surface area contributed by atoms with Crippen LogP contribution in [0.25, 0.3) is 11.0 Å². The number of anilines is 2. The van der Waals surface area contributed by atoms with Crippen LogP contribution in [0.15, 0.2) is 6.20 Å². The molecule has 1 fully saturated rings. The molecule has 2 aromatic rings. The Balaban J connectivity index is 1.77. The summed E-state index contributed by atoms with van der Waals surface area (Å²) in [6, 6.07) is 0. The largest absolute Gasteiger partial charge is 0.368 e. The van der Waals surface area contributed by atoms with E-state index in [1.165, 1.54) is 25.0 Å². The molecule has 0 saturated carbocycles. The van der Waals surface area contributed by atoms with Gasteiger partial charge in [-0.05, 0) is 18.6 Å². The van der Waals surface area contributed by atoms with E-state index >= 15 is 0 Å². The Morgan fingerprint density at radius 1 is 1.42 bits per heavy atom. The van der Waals surface area contributed by atoms with E-state index in [0.29, 0.717) is 11.2 Å². The van der Waals surface area contributed by atoms with Crippen LogP contribution < -0.4 is 10.6 Å². The SMILES string of the molecule is CNc1nc(NCC2CCCCS2)c2cn[nH]c2n1. The monoisotopic (exact) mass is 278 g/mol. The molecule has 7 heteroatoms. The van der Waals surface area contributed by atoms with E-state index < -0.39 is 0 Å². The molecule has 19 heavy (non-hydrogen) atoms. The number of aromatic nitrogens is 4. The van der Waals surface area contributed by atoms with E-state index in [2.05, 4.69) is 42.6 Å². The first-order valence-electron chi connectivity index (χ1n) is 6.61. The fourth-order valence-electron chi connectivity index (χ4n) is 2.26. The summed E-state index contributed by atoms with van der Waals surface area (Å²) in [5.41, 5.74) is 0.762. The summed E-state index contributed by atoms with van der Waals surface area (Å²) in [6.07, 6.45) is 5.75. The third-order valence-corrected chi connectivity index (χ3v) is 4.70. The first-order chi connectivity index (χ1) is 9.36. The van der Waals surface area contributed by atoms with Gasteiger partial charge in [0.1, 0.15) is 5.82 Å². The van der Waals surface area contributed by atoms with Crippen molar-refractivity contribution in [2.45, 2.75) is 24.5 Å². The summed E-state index contributed by atoms with van der Waals surface area (Å²) < 4.78 is 0. The lowest BCUT2D eigenvalue weighted by atomic mass is 10.2. The van der Waals surface area contributed by atoms with E-state index in [9.17, 15) is 0 Å². The molecule has 0 radical (unpaired) electrons. The number of aromatic amines is 1. The number of fused-ring (bicyclic) bond motifs is 1. The fraction of sp³-hybridized carbons (Fsp3) is 0.583. The molecule has 1 aliphatic heterocycles. The van der Waals surface area contributed by atoms with Crippen molar-refractivity contribution in [2.75, 3.05) is 30.0 Å². The van der Waals surface area contributed by atoms with Gasteiger partial charge in [-0.25, -0.2) is 0 Å². The fourth-order valence-corrected chi connectivity index (χ4v) is 3.50. The third kappa shape index (κ3) is 2.75. The van der Waals surface area contributed by atoms with Gasteiger partial charge in [0.05, 0.1) is 11.6 Å². The summed E-state index contributed by atoms with van der Waals surface area (Å²) in [5.74, 6) is 2.74. The molecule has 102 valence electrons. The number of nitrogens with zero attached hydrogens (tertiary/aromatic N) is 3. The summed E-state index contributed by atoms with van der Waals surface area (Å²) in [5, 5.41) is 15.0. The first-order valence-corrected chi connectivity index (χ1v) is 7.66. The van der Waals surface area contributed by atoms with E-state index in [4.69, 9.17) is 0 Å². The second kappa shape index (κ2) is 5.64. The highest BCUT2D eigenvalue weighted by molar-refractivity contribution is 7.99. The van der Waals surface area contributed by atoms with Crippen LogP contribution in [0.2, 0.25) is 0 Å². The molecule has 3 rings (SSSR count). The Hall–Kier alpha value is -1.50. The van der Waals surface area contributed by atoms with Gasteiger partial charge in [-0.3, -0.25) is 5.10 Å². The van der Waals surface area contributed by atoms with Gasteiger partial charge in [0, 0.05) is 18.8 Å². The van der Waals surface area contributed by atoms with Gasteiger partial charge in [0.15, 0.2) is 5.65 Å². The minimum Gasteiger partial charge on any atom is -0.368 e. The average molecular weight is 278 g/mol. The minimum atomic E-state index is 0.607. The molecule has 0 aromatic carbocycles. The Bertz CT molecular complexity index is 548. The normalized spacial score (nSPS) is 19.5. The number of thioether (sulfide) groups is 1. The Kier molecular flexibility index (Phi) is 3.72. The highest BCUT2D eigenvalue weighted by Crippen LogP contribution is 2.26. The molecular formula is C12H18N6S. The minimum absolute atomic E-state index is 0.607. The lowest BCUT2D eigenvalue weighted by molar-refractivity contribution is 0.677. The van der Waals surface area contributed by atoms with Crippen molar-refractivity contribution in [1.82, 2.24) is 20.2 Å². The van der Waals surface area contributed by atoms with Crippen LogP contribution in [0.5, 0.6) is 0 Å². The van der Waals surface area contributed by atoms with Crippen molar-refractivity contribution in [2.24, 2.45) is 0 Å². The molecule has 6 nitrogen and oxygen atoms in total. The maximum atomic E-state index is 4.47.